The summed E-state index contributed by atoms with van der Waals surface area (Å²) in [6.07, 6.45) is 2.51. The van der Waals surface area contributed by atoms with Gasteiger partial charge in [-0.25, -0.2) is 4.39 Å². The Labute approximate surface area is 171 Å². The number of hydrogen-bond acceptors (Lipinski definition) is 3. The van der Waals surface area contributed by atoms with Crippen LogP contribution in [0.3, 0.4) is 0 Å². The maximum absolute atomic E-state index is 12.9. The summed E-state index contributed by atoms with van der Waals surface area (Å²) in [5.41, 5.74) is 3.41. The van der Waals surface area contributed by atoms with Crippen molar-refractivity contribution in [2.75, 3.05) is 23.7 Å². The molecular formula is C23H29FN2OS. The van der Waals surface area contributed by atoms with Crippen molar-refractivity contribution in [3.8, 4) is 0 Å². The molecule has 1 aliphatic heterocycles. The van der Waals surface area contributed by atoms with Crippen LogP contribution in [0.4, 0.5) is 10.1 Å². The molecule has 0 bridgehead atoms. The third-order valence-corrected chi connectivity index (χ3v) is 6.34. The molecule has 5 heteroatoms. The number of rotatable bonds is 7. The second kappa shape index (κ2) is 9.97. The number of hydrogen-bond donors (Lipinski definition) is 1. The lowest BCUT2D eigenvalue weighted by Crippen LogP contribution is -2.32. The first-order valence-corrected chi connectivity index (χ1v) is 11.1. The highest BCUT2D eigenvalue weighted by Gasteiger charge is 2.16. The normalized spacial score (nSPS) is 16.0. The third-order valence-electron chi connectivity index (χ3n) is 5.33. The SMILES string of the molecule is CC1CCN(c2ccc([C@@H](C)NC(=O)CSCc3ccc(F)cc3)cc2)CC1. The molecule has 1 amide bonds. The fraction of sp³-hybridized carbons (Fsp3) is 0.435. The molecule has 0 aliphatic carbocycles. The van der Waals surface area contributed by atoms with E-state index in [1.807, 2.05) is 6.92 Å². The maximum atomic E-state index is 12.9. The molecule has 1 heterocycles. The quantitative estimate of drug-likeness (QED) is 0.696. The fourth-order valence-corrected chi connectivity index (χ4v) is 4.25. The predicted octanol–water partition coefficient (Wildman–Crippen LogP) is 5.17. The fourth-order valence-electron chi connectivity index (χ4n) is 3.45. The first-order chi connectivity index (χ1) is 13.5. The largest absolute Gasteiger partial charge is 0.372 e. The summed E-state index contributed by atoms with van der Waals surface area (Å²) in [4.78, 5) is 14.7. The van der Waals surface area contributed by atoms with Crippen LogP contribution in [-0.2, 0) is 10.5 Å². The molecule has 3 nitrogen and oxygen atoms in total. The summed E-state index contributed by atoms with van der Waals surface area (Å²) in [6, 6.07) is 15.0. The average molecular weight is 401 g/mol. The highest BCUT2D eigenvalue weighted by Crippen LogP contribution is 2.24. The average Bonchev–Trinajstić information content (AvgIpc) is 2.70. The molecule has 1 atom stereocenters. The van der Waals surface area contributed by atoms with Gasteiger partial charge in [0.1, 0.15) is 5.82 Å². The number of anilines is 1. The van der Waals surface area contributed by atoms with Crippen LogP contribution >= 0.6 is 11.8 Å². The predicted molar refractivity (Wildman–Crippen MR) is 116 cm³/mol. The summed E-state index contributed by atoms with van der Waals surface area (Å²) < 4.78 is 12.9. The molecule has 0 radical (unpaired) electrons. The van der Waals surface area contributed by atoms with Crippen molar-refractivity contribution in [1.29, 1.82) is 0 Å². The van der Waals surface area contributed by atoms with Crippen molar-refractivity contribution in [2.24, 2.45) is 5.92 Å². The van der Waals surface area contributed by atoms with Gasteiger partial charge in [0.05, 0.1) is 11.8 Å². The van der Waals surface area contributed by atoms with Crippen molar-refractivity contribution in [3.63, 3.8) is 0 Å². The van der Waals surface area contributed by atoms with Crippen LogP contribution in [0, 0.1) is 11.7 Å². The summed E-state index contributed by atoms with van der Waals surface area (Å²) in [5, 5.41) is 3.06. The van der Waals surface area contributed by atoms with E-state index in [0.29, 0.717) is 11.5 Å². The van der Waals surface area contributed by atoms with E-state index in [-0.39, 0.29) is 17.8 Å². The molecule has 1 aliphatic rings. The zero-order chi connectivity index (χ0) is 19.9. The summed E-state index contributed by atoms with van der Waals surface area (Å²) in [7, 11) is 0. The number of thioether (sulfide) groups is 1. The van der Waals surface area contributed by atoms with Crippen molar-refractivity contribution in [3.05, 3.63) is 65.5 Å². The van der Waals surface area contributed by atoms with E-state index in [1.54, 1.807) is 12.1 Å². The number of nitrogens with zero attached hydrogens (tertiary/aromatic N) is 1. The first-order valence-electron chi connectivity index (χ1n) is 9.97. The second-order valence-electron chi connectivity index (χ2n) is 7.67. The monoisotopic (exact) mass is 400 g/mol. The van der Waals surface area contributed by atoms with E-state index in [9.17, 15) is 9.18 Å². The minimum atomic E-state index is -0.235. The molecule has 0 saturated carbocycles. The Balaban J connectivity index is 1.43. The van der Waals surface area contributed by atoms with Crippen LogP contribution in [0.1, 0.15) is 43.9 Å². The third kappa shape index (κ3) is 5.99. The van der Waals surface area contributed by atoms with E-state index in [2.05, 4.69) is 41.4 Å². The Bertz CT molecular complexity index is 755. The van der Waals surface area contributed by atoms with Gasteiger partial charge in [0, 0.05) is 24.5 Å². The first kappa shape index (κ1) is 20.7. The molecule has 2 aromatic carbocycles. The van der Waals surface area contributed by atoms with Gasteiger partial charge < -0.3 is 10.2 Å². The molecule has 0 spiro atoms. The van der Waals surface area contributed by atoms with Gasteiger partial charge >= 0.3 is 0 Å². The van der Waals surface area contributed by atoms with Crippen LogP contribution in [0.5, 0.6) is 0 Å². The van der Waals surface area contributed by atoms with Crippen LogP contribution in [0.25, 0.3) is 0 Å². The Hall–Kier alpha value is -2.01. The van der Waals surface area contributed by atoms with E-state index in [4.69, 9.17) is 0 Å². The summed E-state index contributed by atoms with van der Waals surface area (Å²) in [6.45, 7) is 6.58. The number of amides is 1. The zero-order valence-electron chi connectivity index (χ0n) is 16.7. The van der Waals surface area contributed by atoms with Gasteiger partial charge in [0.15, 0.2) is 0 Å². The zero-order valence-corrected chi connectivity index (χ0v) is 17.5. The Morgan fingerprint density at radius 3 is 2.43 bits per heavy atom. The van der Waals surface area contributed by atoms with Gasteiger partial charge in [-0.05, 0) is 61.1 Å². The molecular weight excluding hydrogens is 371 g/mol. The number of piperidine rings is 1. The number of carbonyl (C=O) groups is 1. The van der Waals surface area contributed by atoms with Gasteiger partial charge in [0.2, 0.25) is 5.91 Å². The van der Waals surface area contributed by atoms with Gasteiger partial charge in [-0.2, -0.15) is 0 Å². The van der Waals surface area contributed by atoms with Crippen LogP contribution in [0.15, 0.2) is 48.5 Å². The van der Waals surface area contributed by atoms with Gasteiger partial charge in [0.25, 0.3) is 0 Å². The molecule has 2 aromatic rings. The molecule has 1 N–H and O–H groups in total. The number of carbonyl (C=O) groups excluding carboxylic acids is 1. The minimum absolute atomic E-state index is 0.0191. The van der Waals surface area contributed by atoms with Crippen LogP contribution < -0.4 is 10.2 Å². The Kier molecular flexibility index (Phi) is 7.37. The summed E-state index contributed by atoms with van der Waals surface area (Å²) in [5.74, 6) is 1.71. The standard InChI is InChI=1S/C23H29FN2OS/c1-17-11-13-26(14-12-17)22-9-5-20(6-10-22)18(2)25-23(27)16-28-15-19-3-7-21(24)8-4-19/h3-10,17-18H,11-16H2,1-2H3,(H,25,27)/t18-/m1/s1. The number of halogens is 1. The van der Waals surface area contributed by atoms with Crippen molar-refractivity contribution < 1.29 is 9.18 Å². The molecule has 3 rings (SSSR count). The van der Waals surface area contributed by atoms with Gasteiger partial charge in [-0.1, -0.05) is 31.2 Å². The molecule has 150 valence electrons. The number of benzene rings is 2. The molecule has 0 unspecified atom stereocenters. The Morgan fingerprint density at radius 2 is 1.79 bits per heavy atom. The van der Waals surface area contributed by atoms with Crippen LogP contribution in [-0.4, -0.2) is 24.7 Å². The van der Waals surface area contributed by atoms with Crippen molar-refractivity contribution in [2.45, 2.75) is 38.5 Å². The Morgan fingerprint density at radius 1 is 1.14 bits per heavy atom. The molecule has 0 aromatic heterocycles. The lowest BCUT2D eigenvalue weighted by Gasteiger charge is -2.32. The number of nitrogens with one attached hydrogen (secondary N) is 1. The van der Waals surface area contributed by atoms with E-state index < -0.39 is 0 Å². The van der Waals surface area contributed by atoms with Crippen molar-refractivity contribution >= 4 is 23.4 Å². The van der Waals surface area contributed by atoms with Gasteiger partial charge in [-0.3, -0.25) is 4.79 Å². The van der Waals surface area contributed by atoms with E-state index in [1.165, 1.54) is 42.4 Å². The van der Waals surface area contributed by atoms with Crippen LogP contribution in [0.2, 0.25) is 0 Å². The molecule has 1 fully saturated rings. The molecule has 1 saturated heterocycles. The lowest BCUT2D eigenvalue weighted by atomic mass is 9.98. The summed E-state index contributed by atoms with van der Waals surface area (Å²) >= 11 is 1.54. The van der Waals surface area contributed by atoms with Gasteiger partial charge in [-0.15, -0.1) is 11.8 Å². The van der Waals surface area contributed by atoms with Crippen molar-refractivity contribution in [1.82, 2.24) is 5.32 Å². The lowest BCUT2D eigenvalue weighted by molar-refractivity contribution is -0.119. The minimum Gasteiger partial charge on any atom is -0.372 e. The topological polar surface area (TPSA) is 32.3 Å². The maximum Gasteiger partial charge on any atom is 0.230 e. The van der Waals surface area contributed by atoms with E-state index >= 15 is 0 Å². The van der Waals surface area contributed by atoms with E-state index in [0.717, 1.165) is 30.1 Å². The smallest absolute Gasteiger partial charge is 0.230 e. The highest BCUT2D eigenvalue weighted by molar-refractivity contribution is 7.99. The second-order valence-corrected chi connectivity index (χ2v) is 8.66. The highest BCUT2D eigenvalue weighted by atomic mass is 32.2. The molecule has 28 heavy (non-hydrogen) atoms.